The Morgan fingerprint density at radius 2 is 1.84 bits per heavy atom. The Kier molecular flexibility index (Phi) is 5.32. The normalized spacial score (nSPS) is 10.3. The number of aliphatic hydroxyl groups is 1. The molecule has 0 aliphatic heterocycles. The maximum atomic E-state index is 9.03. The lowest BCUT2D eigenvalue weighted by atomic mass is 10.3. The minimum atomic E-state index is -0.154. The molecule has 0 aliphatic rings. The summed E-state index contributed by atoms with van der Waals surface area (Å²) in [5.41, 5.74) is 0.500. The van der Waals surface area contributed by atoms with Gasteiger partial charge in [-0.2, -0.15) is 4.98 Å². The van der Waals surface area contributed by atoms with Crippen LogP contribution in [0.3, 0.4) is 0 Å². The first-order chi connectivity index (χ1) is 12.3. The van der Waals surface area contributed by atoms with E-state index in [0.29, 0.717) is 28.8 Å². The fraction of sp³-hybridized carbons (Fsp3) is 0.176. The van der Waals surface area contributed by atoms with Gasteiger partial charge in [0.2, 0.25) is 5.75 Å². The zero-order valence-electron chi connectivity index (χ0n) is 13.5. The van der Waals surface area contributed by atoms with E-state index in [-0.39, 0.29) is 19.1 Å². The predicted octanol–water partition coefficient (Wildman–Crippen LogP) is 2.11. The van der Waals surface area contributed by atoms with Crippen molar-refractivity contribution < 1.29 is 19.3 Å². The number of methoxy groups -OCH3 is 1. The minimum Gasteiger partial charge on any atom is -0.493 e. The van der Waals surface area contributed by atoms with Crippen LogP contribution < -0.4 is 14.2 Å². The van der Waals surface area contributed by atoms with E-state index in [0.717, 1.165) is 0 Å². The Hall–Kier alpha value is -3.26. The summed E-state index contributed by atoms with van der Waals surface area (Å²) >= 11 is 0. The zero-order valence-corrected chi connectivity index (χ0v) is 13.5. The van der Waals surface area contributed by atoms with Crippen molar-refractivity contribution in [2.45, 2.75) is 0 Å². The number of aliphatic hydroxyl groups excluding tert-OH is 1. The molecule has 0 unspecified atom stereocenters. The Labute approximate surface area is 144 Å². The van der Waals surface area contributed by atoms with Crippen LogP contribution in [0.25, 0.3) is 11.5 Å². The second-order valence-electron chi connectivity index (χ2n) is 4.78. The van der Waals surface area contributed by atoms with Crippen molar-refractivity contribution in [2.75, 3.05) is 20.3 Å². The molecule has 25 heavy (non-hydrogen) atoms. The Morgan fingerprint density at radius 1 is 1.00 bits per heavy atom. The first kappa shape index (κ1) is 16.6. The summed E-state index contributed by atoms with van der Waals surface area (Å²) < 4.78 is 16.6. The van der Waals surface area contributed by atoms with Crippen molar-refractivity contribution in [3.63, 3.8) is 0 Å². The van der Waals surface area contributed by atoms with E-state index in [4.69, 9.17) is 19.3 Å². The highest BCUT2D eigenvalue weighted by atomic mass is 16.5. The molecule has 2 aromatic heterocycles. The average Bonchev–Trinajstić information content (AvgIpc) is 2.68. The molecule has 0 fully saturated rings. The van der Waals surface area contributed by atoms with Gasteiger partial charge in [0, 0.05) is 12.4 Å². The molecule has 0 saturated heterocycles. The lowest BCUT2D eigenvalue weighted by Gasteiger charge is -2.13. The van der Waals surface area contributed by atoms with Crippen molar-refractivity contribution in [3.8, 4) is 34.6 Å². The molecule has 128 valence electrons. The molecule has 1 aromatic carbocycles. The molecule has 2 heterocycles. The van der Waals surface area contributed by atoms with Gasteiger partial charge in [-0.05, 0) is 12.1 Å². The van der Waals surface area contributed by atoms with Gasteiger partial charge in [0.05, 0.1) is 26.1 Å². The summed E-state index contributed by atoms with van der Waals surface area (Å²) in [6.07, 6.45) is 6.14. The van der Waals surface area contributed by atoms with Gasteiger partial charge in [-0.15, -0.1) is 0 Å². The molecule has 0 bridgehead atoms. The number of aromatic nitrogens is 4. The highest BCUT2D eigenvalue weighted by Gasteiger charge is 2.15. The first-order valence-electron chi connectivity index (χ1n) is 7.49. The topological polar surface area (TPSA) is 99.5 Å². The van der Waals surface area contributed by atoms with Gasteiger partial charge in [0.25, 0.3) is 5.88 Å². The number of hydrogen-bond acceptors (Lipinski definition) is 8. The van der Waals surface area contributed by atoms with Gasteiger partial charge in [-0.3, -0.25) is 4.98 Å². The van der Waals surface area contributed by atoms with E-state index in [2.05, 4.69) is 19.9 Å². The van der Waals surface area contributed by atoms with Crippen LogP contribution in [0, 0.1) is 0 Å². The molecule has 1 N–H and O–H groups in total. The molecule has 0 amide bonds. The van der Waals surface area contributed by atoms with E-state index < -0.39 is 0 Å². The van der Waals surface area contributed by atoms with Crippen LogP contribution in [0.2, 0.25) is 0 Å². The van der Waals surface area contributed by atoms with Crippen LogP contribution in [0.1, 0.15) is 0 Å². The quantitative estimate of drug-likeness (QED) is 0.698. The Morgan fingerprint density at radius 3 is 2.56 bits per heavy atom. The van der Waals surface area contributed by atoms with Crippen molar-refractivity contribution >= 4 is 0 Å². The van der Waals surface area contributed by atoms with E-state index in [9.17, 15) is 0 Å². The maximum absolute atomic E-state index is 9.03. The van der Waals surface area contributed by atoms with Crippen LogP contribution in [-0.2, 0) is 0 Å². The monoisotopic (exact) mass is 340 g/mol. The third-order valence-corrected chi connectivity index (χ3v) is 3.13. The van der Waals surface area contributed by atoms with Crippen LogP contribution >= 0.6 is 0 Å². The third-order valence-electron chi connectivity index (χ3n) is 3.13. The standard InChI is InChI=1S/C17H16N4O4/c1-23-13-4-2-3-5-14(13)25-15-11-20-16(12-10-18-6-7-19-12)21-17(15)24-9-8-22/h2-7,10-11,22H,8-9H2,1H3. The number of rotatable bonds is 7. The van der Waals surface area contributed by atoms with Crippen molar-refractivity contribution in [1.29, 1.82) is 0 Å². The molecule has 0 radical (unpaired) electrons. The molecule has 0 aliphatic carbocycles. The molecular formula is C17H16N4O4. The van der Waals surface area contributed by atoms with E-state index in [1.54, 1.807) is 37.8 Å². The van der Waals surface area contributed by atoms with Crippen LogP contribution in [0.15, 0.2) is 49.1 Å². The van der Waals surface area contributed by atoms with Crippen LogP contribution in [0.4, 0.5) is 0 Å². The van der Waals surface area contributed by atoms with Crippen molar-refractivity contribution in [1.82, 2.24) is 19.9 Å². The van der Waals surface area contributed by atoms with Crippen LogP contribution in [0.5, 0.6) is 23.1 Å². The molecular weight excluding hydrogens is 324 g/mol. The second-order valence-corrected chi connectivity index (χ2v) is 4.78. The first-order valence-corrected chi connectivity index (χ1v) is 7.49. The summed E-state index contributed by atoms with van der Waals surface area (Å²) in [6.45, 7) is -0.0855. The van der Waals surface area contributed by atoms with Gasteiger partial charge >= 0.3 is 0 Å². The molecule has 0 saturated carbocycles. The molecule has 8 heteroatoms. The fourth-order valence-electron chi connectivity index (χ4n) is 2.03. The molecule has 3 aromatic rings. The maximum Gasteiger partial charge on any atom is 0.261 e. The SMILES string of the molecule is COc1ccccc1Oc1cnc(-c2cnccn2)nc1OCCO. The van der Waals surface area contributed by atoms with E-state index in [1.807, 2.05) is 12.1 Å². The lowest BCUT2D eigenvalue weighted by Crippen LogP contribution is -2.06. The third kappa shape index (κ3) is 3.99. The zero-order chi connectivity index (χ0) is 17.5. The Bertz CT molecular complexity index is 830. The number of para-hydroxylation sites is 2. The minimum absolute atomic E-state index is 0.0687. The second kappa shape index (κ2) is 8.02. The van der Waals surface area contributed by atoms with Gasteiger partial charge in [-0.1, -0.05) is 12.1 Å². The van der Waals surface area contributed by atoms with Crippen molar-refractivity contribution in [2.24, 2.45) is 0 Å². The summed E-state index contributed by atoms with van der Waals surface area (Å²) in [4.78, 5) is 16.7. The number of nitrogens with zero attached hydrogens (tertiary/aromatic N) is 4. The lowest BCUT2D eigenvalue weighted by molar-refractivity contribution is 0.192. The summed E-state index contributed by atoms with van der Waals surface area (Å²) in [5, 5.41) is 9.03. The Balaban J connectivity index is 1.95. The van der Waals surface area contributed by atoms with Gasteiger partial charge in [-0.25, -0.2) is 9.97 Å². The van der Waals surface area contributed by atoms with Gasteiger partial charge in [0.1, 0.15) is 12.3 Å². The fourth-order valence-corrected chi connectivity index (χ4v) is 2.03. The average molecular weight is 340 g/mol. The summed E-state index contributed by atoms with van der Waals surface area (Å²) in [5.74, 6) is 1.89. The molecule has 8 nitrogen and oxygen atoms in total. The smallest absolute Gasteiger partial charge is 0.261 e. The van der Waals surface area contributed by atoms with Gasteiger partial charge in [0.15, 0.2) is 17.3 Å². The molecule has 0 atom stereocenters. The summed E-state index contributed by atoms with van der Waals surface area (Å²) in [6, 6.07) is 7.19. The van der Waals surface area contributed by atoms with Crippen LogP contribution in [-0.4, -0.2) is 45.4 Å². The van der Waals surface area contributed by atoms with Gasteiger partial charge < -0.3 is 19.3 Å². The number of hydrogen-bond donors (Lipinski definition) is 1. The highest BCUT2D eigenvalue weighted by Crippen LogP contribution is 2.35. The molecule has 0 spiro atoms. The predicted molar refractivity (Wildman–Crippen MR) is 88.7 cm³/mol. The molecule has 3 rings (SSSR count). The van der Waals surface area contributed by atoms with Crippen molar-refractivity contribution in [3.05, 3.63) is 49.1 Å². The number of benzene rings is 1. The van der Waals surface area contributed by atoms with E-state index in [1.165, 1.54) is 6.20 Å². The number of ether oxygens (including phenoxy) is 3. The van der Waals surface area contributed by atoms with E-state index >= 15 is 0 Å². The summed E-state index contributed by atoms with van der Waals surface area (Å²) in [7, 11) is 1.55. The largest absolute Gasteiger partial charge is 0.493 e. The highest BCUT2D eigenvalue weighted by molar-refractivity contribution is 5.51.